The molecule has 0 aliphatic heterocycles. The van der Waals surface area contributed by atoms with Crippen LogP contribution in [0.3, 0.4) is 0 Å². The van der Waals surface area contributed by atoms with Crippen molar-refractivity contribution in [3.63, 3.8) is 0 Å². The van der Waals surface area contributed by atoms with Gasteiger partial charge in [0.2, 0.25) is 5.95 Å². The summed E-state index contributed by atoms with van der Waals surface area (Å²) in [6, 6.07) is 8.91. The molecule has 0 saturated heterocycles. The third-order valence-corrected chi connectivity index (χ3v) is 2.24. The van der Waals surface area contributed by atoms with E-state index in [9.17, 15) is 4.79 Å². The molecule has 0 aliphatic carbocycles. The van der Waals surface area contributed by atoms with Crippen LogP contribution < -0.4 is 10.1 Å². The van der Waals surface area contributed by atoms with Crippen LogP contribution >= 0.6 is 0 Å². The van der Waals surface area contributed by atoms with Gasteiger partial charge in [0.25, 0.3) is 0 Å². The predicted octanol–water partition coefficient (Wildman–Crippen LogP) is 2.07. The summed E-state index contributed by atoms with van der Waals surface area (Å²) in [6.07, 6.45) is 3.25. The van der Waals surface area contributed by atoms with Crippen molar-refractivity contribution in [2.24, 2.45) is 0 Å². The number of nitrogens with one attached hydrogen (secondary N) is 1. The van der Waals surface area contributed by atoms with Crippen LogP contribution in [0.1, 0.15) is 6.42 Å². The summed E-state index contributed by atoms with van der Waals surface area (Å²) in [7, 11) is 0. The lowest BCUT2D eigenvalue weighted by molar-refractivity contribution is -0.137. The van der Waals surface area contributed by atoms with Crippen LogP contribution in [0.2, 0.25) is 0 Å². The number of aliphatic carboxylic acids is 1. The van der Waals surface area contributed by atoms with Gasteiger partial charge < -0.3 is 15.2 Å². The molecule has 1 aromatic carbocycles. The van der Waals surface area contributed by atoms with Crippen molar-refractivity contribution in [1.82, 2.24) is 9.97 Å². The van der Waals surface area contributed by atoms with E-state index in [1.807, 2.05) is 6.07 Å². The zero-order valence-electron chi connectivity index (χ0n) is 10.1. The summed E-state index contributed by atoms with van der Waals surface area (Å²) >= 11 is 0. The molecule has 19 heavy (non-hydrogen) atoms. The molecule has 0 aliphatic rings. The summed E-state index contributed by atoms with van der Waals surface area (Å²) in [5.74, 6) is 0.208. The Morgan fingerprint density at radius 1 is 1.26 bits per heavy atom. The Bertz CT molecular complexity index is 546. The Kier molecular flexibility index (Phi) is 4.28. The highest BCUT2D eigenvalue weighted by Crippen LogP contribution is 2.19. The number of hydrogen-bond acceptors (Lipinski definition) is 5. The molecule has 0 atom stereocenters. The van der Waals surface area contributed by atoms with E-state index in [0.29, 0.717) is 11.7 Å². The van der Waals surface area contributed by atoms with Crippen LogP contribution in [0.25, 0.3) is 0 Å². The molecule has 6 nitrogen and oxygen atoms in total. The van der Waals surface area contributed by atoms with Crippen molar-refractivity contribution in [2.75, 3.05) is 11.9 Å². The fourth-order valence-electron chi connectivity index (χ4n) is 1.41. The van der Waals surface area contributed by atoms with Crippen LogP contribution in [0.5, 0.6) is 5.75 Å². The Morgan fingerprint density at radius 3 is 2.79 bits per heavy atom. The molecular formula is C13H13N3O3. The van der Waals surface area contributed by atoms with Gasteiger partial charge in [-0.05, 0) is 18.2 Å². The van der Waals surface area contributed by atoms with Crippen LogP contribution in [-0.2, 0) is 4.79 Å². The predicted molar refractivity (Wildman–Crippen MR) is 69.5 cm³/mol. The highest BCUT2D eigenvalue weighted by Gasteiger charge is 2.01. The number of aromatic nitrogens is 2. The fraction of sp³-hybridized carbons (Fsp3) is 0.154. The van der Waals surface area contributed by atoms with Crippen LogP contribution in [0, 0.1) is 0 Å². The zero-order chi connectivity index (χ0) is 13.5. The van der Waals surface area contributed by atoms with Crippen LogP contribution in [0.15, 0.2) is 42.7 Å². The van der Waals surface area contributed by atoms with E-state index in [1.54, 1.807) is 36.7 Å². The molecule has 0 saturated carbocycles. The molecule has 1 heterocycles. The van der Waals surface area contributed by atoms with Crippen molar-refractivity contribution < 1.29 is 14.6 Å². The van der Waals surface area contributed by atoms with E-state index in [1.165, 1.54) is 0 Å². The Balaban J connectivity index is 1.97. The Labute approximate surface area is 110 Å². The first-order valence-electron chi connectivity index (χ1n) is 5.73. The SMILES string of the molecule is O=C(O)CCOc1cccc(Nc2ncccn2)c1. The van der Waals surface area contributed by atoms with Gasteiger partial charge >= 0.3 is 5.97 Å². The lowest BCUT2D eigenvalue weighted by Crippen LogP contribution is -2.05. The largest absolute Gasteiger partial charge is 0.493 e. The third-order valence-electron chi connectivity index (χ3n) is 2.24. The summed E-state index contributed by atoms with van der Waals surface area (Å²) < 4.78 is 5.33. The van der Waals surface area contributed by atoms with E-state index in [4.69, 9.17) is 9.84 Å². The van der Waals surface area contributed by atoms with Crippen molar-refractivity contribution in [2.45, 2.75) is 6.42 Å². The van der Waals surface area contributed by atoms with Gasteiger partial charge in [0.15, 0.2) is 0 Å². The lowest BCUT2D eigenvalue weighted by atomic mass is 10.3. The molecule has 6 heteroatoms. The fourth-order valence-corrected chi connectivity index (χ4v) is 1.41. The number of nitrogens with zero attached hydrogens (tertiary/aromatic N) is 2. The maximum absolute atomic E-state index is 10.4. The summed E-state index contributed by atoms with van der Waals surface area (Å²) in [6.45, 7) is 0.140. The van der Waals surface area contributed by atoms with E-state index in [-0.39, 0.29) is 13.0 Å². The Hall–Kier alpha value is -2.63. The molecule has 0 radical (unpaired) electrons. The first-order chi connectivity index (χ1) is 9.24. The van der Waals surface area contributed by atoms with Crippen LogP contribution in [-0.4, -0.2) is 27.7 Å². The van der Waals surface area contributed by atoms with E-state index >= 15 is 0 Å². The second-order valence-corrected chi connectivity index (χ2v) is 3.72. The maximum atomic E-state index is 10.4. The number of anilines is 2. The van der Waals surface area contributed by atoms with Gasteiger partial charge in [0.1, 0.15) is 5.75 Å². The molecule has 0 unspecified atom stereocenters. The average molecular weight is 259 g/mol. The minimum atomic E-state index is -0.882. The van der Waals surface area contributed by atoms with Crippen LogP contribution in [0.4, 0.5) is 11.6 Å². The number of hydrogen-bond donors (Lipinski definition) is 2. The van der Waals surface area contributed by atoms with E-state index < -0.39 is 5.97 Å². The quantitative estimate of drug-likeness (QED) is 0.826. The van der Waals surface area contributed by atoms with E-state index in [0.717, 1.165) is 5.69 Å². The number of ether oxygens (including phenoxy) is 1. The average Bonchev–Trinajstić information content (AvgIpc) is 2.40. The zero-order valence-corrected chi connectivity index (χ0v) is 10.1. The molecule has 0 fully saturated rings. The number of carboxylic acids is 1. The molecule has 0 amide bonds. The summed E-state index contributed by atoms with van der Waals surface area (Å²) in [4.78, 5) is 18.5. The lowest BCUT2D eigenvalue weighted by Gasteiger charge is -2.08. The Morgan fingerprint density at radius 2 is 2.05 bits per heavy atom. The van der Waals surface area contributed by atoms with Gasteiger partial charge in [-0.15, -0.1) is 0 Å². The van der Waals surface area contributed by atoms with Gasteiger partial charge in [-0.25, -0.2) is 9.97 Å². The molecule has 1 aromatic heterocycles. The number of benzene rings is 1. The minimum Gasteiger partial charge on any atom is -0.493 e. The summed E-state index contributed by atoms with van der Waals surface area (Å²) in [5, 5.41) is 11.6. The van der Waals surface area contributed by atoms with Crippen molar-refractivity contribution >= 4 is 17.6 Å². The van der Waals surface area contributed by atoms with Gasteiger partial charge in [0.05, 0.1) is 13.0 Å². The maximum Gasteiger partial charge on any atom is 0.306 e. The number of carboxylic acid groups (broad SMARTS) is 1. The van der Waals surface area contributed by atoms with E-state index in [2.05, 4.69) is 15.3 Å². The molecule has 0 bridgehead atoms. The number of carbonyl (C=O) groups is 1. The van der Waals surface area contributed by atoms with Crippen molar-refractivity contribution in [1.29, 1.82) is 0 Å². The van der Waals surface area contributed by atoms with Gasteiger partial charge in [0, 0.05) is 24.1 Å². The highest BCUT2D eigenvalue weighted by molar-refractivity contribution is 5.66. The standard InChI is InChI=1S/C13H13N3O3/c17-12(18)5-8-19-11-4-1-3-10(9-11)16-13-14-6-2-7-15-13/h1-4,6-7,9H,5,8H2,(H,17,18)(H,14,15,16). The first kappa shape index (κ1) is 12.8. The molecule has 2 aromatic rings. The van der Waals surface area contributed by atoms with Gasteiger partial charge in [-0.3, -0.25) is 4.79 Å². The smallest absolute Gasteiger partial charge is 0.306 e. The first-order valence-corrected chi connectivity index (χ1v) is 5.73. The minimum absolute atomic E-state index is 0.0283. The van der Waals surface area contributed by atoms with Gasteiger partial charge in [-0.1, -0.05) is 6.07 Å². The van der Waals surface area contributed by atoms with Gasteiger partial charge in [-0.2, -0.15) is 0 Å². The molecule has 0 spiro atoms. The second kappa shape index (κ2) is 6.34. The summed E-state index contributed by atoms with van der Waals surface area (Å²) in [5.41, 5.74) is 0.777. The molecule has 2 N–H and O–H groups in total. The normalized spacial score (nSPS) is 9.89. The topological polar surface area (TPSA) is 84.3 Å². The third kappa shape index (κ3) is 4.27. The molecular weight excluding hydrogens is 246 g/mol. The van der Waals surface area contributed by atoms with Crippen molar-refractivity contribution in [3.8, 4) is 5.75 Å². The van der Waals surface area contributed by atoms with Crippen molar-refractivity contribution in [3.05, 3.63) is 42.7 Å². The monoisotopic (exact) mass is 259 g/mol. The molecule has 2 rings (SSSR count). The second-order valence-electron chi connectivity index (χ2n) is 3.72. The molecule has 98 valence electrons. The number of rotatable bonds is 6. The highest BCUT2D eigenvalue weighted by atomic mass is 16.5.